The van der Waals surface area contributed by atoms with E-state index >= 15 is 0 Å². The molecule has 0 radical (unpaired) electrons. The number of hydrazone groups is 1. The lowest BCUT2D eigenvalue weighted by Crippen LogP contribution is -2.18. The summed E-state index contributed by atoms with van der Waals surface area (Å²) in [4.78, 5) is 2.33. The Balaban J connectivity index is 2.13. The summed E-state index contributed by atoms with van der Waals surface area (Å²) in [5, 5.41) is 3.81. The summed E-state index contributed by atoms with van der Waals surface area (Å²) < 4.78 is 30.4. The normalized spacial score (nSPS) is 11.2. The summed E-state index contributed by atoms with van der Waals surface area (Å²) in [5.74, 6) is 2.94. The summed E-state index contributed by atoms with van der Waals surface area (Å²) in [5.41, 5.74) is 1.63. The monoisotopic (exact) mass is 406 g/mol. The molecule has 0 unspecified atom stereocenters. The number of nitrogens with one attached hydrogen (secondary N) is 1. The molecular formula is C17H15BrN2O3S. The maximum atomic E-state index is 12.1. The van der Waals surface area contributed by atoms with Gasteiger partial charge in [0.15, 0.2) is 0 Å². The van der Waals surface area contributed by atoms with E-state index in [0.29, 0.717) is 11.3 Å². The van der Waals surface area contributed by atoms with E-state index in [1.807, 2.05) is 6.92 Å². The van der Waals surface area contributed by atoms with Crippen LogP contribution in [-0.4, -0.2) is 21.2 Å². The Morgan fingerprint density at radius 3 is 2.67 bits per heavy atom. The molecule has 0 aliphatic rings. The second-order valence-corrected chi connectivity index (χ2v) is 7.36. The van der Waals surface area contributed by atoms with Crippen LogP contribution in [-0.2, 0) is 10.0 Å². The van der Waals surface area contributed by atoms with Crippen molar-refractivity contribution in [1.29, 1.82) is 0 Å². The minimum absolute atomic E-state index is 0.149. The van der Waals surface area contributed by atoms with Gasteiger partial charge in [0, 0.05) is 10.0 Å². The third-order valence-corrected chi connectivity index (χ3v) is 4.96. The minimum Gasteiger partial charge on any atom is -0.481 e. The first-order valence-corrected chi connectivity index (χ1v) is 9.17. The molecule has 7 heteroatoms. The van der Waals surface area contributed by atoms with Gasteiger partial charge in [-0.3, -0.25) is 0 Å². The highest BCUT2D eigenvalue weighted by Crippen LogP contribution is 2.21. The number of nitrogens with zero attached hydrogens (tertiary/aromatic N) is 1. The molecule has 2 rings (SSSR count). The lowest BCUT2D eigenvalue weighted by atomic mass is 10.2. The van der Waals surface area contributed by atoms with Crippen molar-refractivity contribution >= 4 is 32.2 Å². The van der Waals surface area contributed by atoms with E-state index in [0.717, 1.165) is 10.0 Å². The van der Waals surface area contributed by atoms with Crippen molar-refractivity contribution in [3.8, 4) is 18.1 Å². The zero-order chi connectivity index (χ0) is 17.6. The Bertz CT molecular complexity index is 885. The fourth-order valence-electron chi connectivity index (χ4n) is 1.77. The van der Waals surface area contributed by atoms with Crippen molar-refractivity contribution in [2.45, 2.75) is 11.8 Å². The van der Waals surface area contributed by atoms with E-state index in [1.165, 1.54) is 18.3 Å². The highest BCUT2D eigenvalue weighted by Gasteiger charge is 2.11. The summed E-state index contributed by atoms with van der Waals surface area (Å²) >= 11 is 3.37. The Hall–Kier alpha value is -2.30. The van der Waals surface area contributed by atoms with E-state index in [2.05, 4.69) is 31.8 Å². The summed E-state index contributed by atoms with van der Waals surface area (Å²) in [7, 11) is -3.71. The lowest BCUT2D eigenvalue weighted by molar-refractivity contribution is 0.370. The number of terminal acetylenes is 1. The number of sulfonamides is 1. The molecule has 5 nitrogen and oxygen atoms in total. The number of benzene rings is 2. The molecule has 0 atom stereocenters. The summed E-state index contributed by atoms with van der Waals surface area (Å²) in [6.07, 6.45) is 6.54. The minimum atomic E-state index is -3.71. The van der Waals surface area contributed by atoms with Crippen molar-refractivity contribution in [2.24, 2.45) is 5.10 Å². The molecule has 0 heterocycles. The molecule has 0 spiro atoms. The highest BCUT2D eigenvalue weighted by atomic mass is 79.9. The third-order valence-electron chi connectivity index (χ3n) is 3.00. The first-order chi connectivity index (χ1) is 11.4. The lowest BCUT2D eigenvalue weighted by Gasteiger charge is -2.06. The average molecular weight is 407 g/mol. The van der Waals surface area contributed by atoms with Gasteiger partial charge in [-0.15, -0.1) is 6.42 Å². The van der Waals surface area contributed by atoms with Gasteiger partial charge in [-0.1, -0.05) is 39.5 Å². The van der Waals surface area contributed by atoms with Gasteiger partial charge in [-0.25, -0.2) is 4.83 Å². The number of rotatable bonds is 6. The van der Waals surface area contributed by atoms with Crippen LogP contribution in [0, 0.1) is 19.3 Å². The standard InChI is InChI=1S/C17H15BrN2O3S/c1-3-10-23-15-6-9-17(18)14(11-15)12-19-20-24(21,22)16-7-4-13(2)5-8-16/h1,4-9,11-12,20H,10H2,2H3/b19-12-. The molecule has 1 N–H and O–H groups in total. The van der Waals surface area contributed by atoms with Gasteiger partial charge in [0.1, 0.15) is 12.4 Å². The molecular weight excluding hydrogens is 392 g/mol. The number of hydrogen-bond acceptors (Lipinski definition) is 4. The van der Waals surface area contributed by atoms with Crippen molar-refractivity contribution in [3.63, 3.8) is 0 Å². The molecule has 2 aromatic rings. The van der Waals surface area contributed by atoms with Crippen LogP contribution in [0.3, 0.4) is 0 Å². The number of hydrogen-bond donors (Lipinski definition) is 1. The van der Waals surface area contributed by atoms with Crippen molar-refractivity contribution in [3.05, 3.63) is 58.1 Å². The van der Waals surface area contributed by atoms with E-state index in [9.17, 15) is 8.42 Å². The van der Waals surface area contributed by atoms with Gasteiger partial charge in [0.25, 0.3) is 10.0 Å². The fraction of sp³-hybridized carbons (Fsp3) is 0.118. The molecule has 124 valence electrons. The fourth-order valence-corrected chi connectivity index (χ4v) is 2.91. The van der Waals surface area contributed by atoms with Crippen molar-refractivity contribution < 1.29 is 13.2 Å². The van der Waals surface area contributed by atoms with Crippen LogP contribution in [0.4, 0.5) is 0 Å². The predicted octanol–water partition coefficient (Wildman–Crippen LogP) is 3.08. The first kappa shape index (κ1) is 18.0. The van der Waals surface area contributed by atoms with Crippen LogP contribution in [0.25, 0.3) is 0 Å². The van der Waals surface area contributed by atoms with E-state index in [1.54, 1.807) is 30.3 Å². The topological polar surface area (TPSA) is 67.8 Å². The smallest absolute Gasteiger partial charge is 0.276 e. The van der Waals surface area contributed by atoms with Crippen LogP contribution >= 0.6 is 15.9 Å². The number of ether oxygens (including phenoxy) is 1. The maximum absolute atomic E-state index is 12.1. The maximum Gasteiger partial charge on any atom is 0.276 e. The average Bonchev–Trinajstić information content (AvgIpc) is 2.55. The summed E-state index contributed by atoms with van der Waals surface area (Å²) in [6, 6.07) is 11.7. The molecule has 0 aliphatic carbocycles. The van der Waals surface area contributed by atoms with Gasteiger partial charge >= 0.3 is 0 Å². The molecule has 0 saturated heterocycles. The number of halogens is 1. The van der Waals surface area contributed by atoms with Gasteiger partial charge in [-0.05, 0) is 37.3 Å². The Labute approximate surface area is 149 Å². The SMILES string of the molecule is C#CCOc1ccc(Br)c(/C=N\NS(=O)(=O)c2ccc(C)cc2)c1. The van der Waals surface area contributed by atoms with Crippen molar-refractivity contribution in [2.75, 3.05) is 6.61 Å². The number of aryl methyl sites for hydroxylation is 1. The molecule has 0 aliphatic heterocycles. The quantitative estimate of drug-likeness (QED) is 0.455. The van der Waals surface area contributed by atoms with Crippen molar-refractivity contribution in [1.82, 2.24) is 4.83 Å². The third kappa shape index (κ3) is 4.85. The second kappa shape index (κ2) is 7.99. The largest absolute Gasteiger partial charge is 0.481 e. The first-order valence-electron chi connectivity index (χ1n) is 6.90. The Morgan fingerprint density at radius 2 is 2.00 bits per heavy atom. The van der Waals surface area contributed by atoms with E-state index in [-0.39, 0.29) is 11.5 Å². The molecule has 0 saturated carbocycles. The zero-order valence-electron chi connectivity index (χ0n) is 12.9. The highest BCUT2D eigenvalue weighted by molar-refractivity contribution is 9.10. The Morgan fingerprint density at radius 1 is 1.29 bits per heavy atom. The second-order valence-electron chi connectivity index (χ2n) is 4.84. The Kier molecular flexibility index (Phi) is 6.01. The summed E-state index contributed by atoms with van der Waals surface area (Å²) in [6.45, 7) is 2.03. The van der Waals surface area contributed by atoms with Crippen LogP contribution in [0.5, 0.6) is 5.75 Å². The van der Waals surface area contributed by atoms with Crippen LogP contribution in [0.2, 0.25) is 0 Å². The molecule has 0 fully saturated rings. The van der Waals surface area contributed by atoms with Crippen LogP contribution in [0.15, 0.2) is 56.9 Å². The zero-order valence-corrected chi connectivity index (χ0v) is 15.3. The molecule has 0 bridgehead atoms. The van der Waals surface area contributed by atoms with Gasteiger partial charge < -0.3 is 4.74 Å². The molecule has 0 amide bonds. The van der Waals surface area contributed by atoms with Gasteiger partial charge in [0.05, 0.1) is 11.1 Å². The molecule has 2 aromatic carbocycles. The molecule has 0 aromatic heterocycles. The van der Waals surface area contributed by atoms with Gasteiger partial charge in [0.2, 0.25) is 0 Å². The predicted molar refractivity (Wildman–Crippen MR) is 97.6 cm³/mol. The van der Waals surface area contributed by atoms with Crippen LogP contribution < -0.4 is 9.57 Å². The van der Waals surface area contributed by atoms with E-state index in [4.69, 9.17) is 11.2 Å². The van der Waals surface area contributed by atoms with Crippen LogP contribution in [0.1, 0.15) is 11.1 Å². The molecule has 24 heavy (non-hydrogen) atoms. The van der Waals surface area contributed by atoms with E-state index < -0.39 is 10.0 Å². The van der Waals surface area contributed by atoms with Gasteiger partial charge in [-0.2, -0.15) is 13.5 Å².